The number of amides is 2. The lowest BCUT2D eigenvalue weighted by atomic mass is 10.1. The van der Waals surface area contributed by atoms with Crippen molar-refractivity contribution in [1.82, 2.24) is 9.80 Å². The van der Waals surface area contributed by atoms with Crippen LogP contribution in [0.15, 0.2) is 29.2 Å². The number of morpholine rings is 1. The van der Waals surface area contributed by atoms with Crippen molar-refractivity contribution in [3.63, 3.8) is 0 Å². The second-order valence-electron chi connectivity index (χ2n) is 6.51. The summed E-state index contributed by atoms with van der Waals surface area (Å²) in [5.74, 6) is -0.761. The molecule has 2 fully saturated rings. The first-order chi connectivity index (χ1) is 11.7. The third-order valence-corrected chi connectivity index (χ3v) is 5.67. The Labute approximate surface area is 146 Å². The minimum Gasteiger partial charge on any atom is -0.368 e. The SMILES string of the molecule is CS(=O)(=O)c1ccc(CN2CC3OCC(=O)N(CC(N)=O)C3C2)cc1. The van der Waals surface area contributed by atoms with Crippen molar-refractivity contribution in [1.29, 1.82) is 0 Å². The van der Waals surface area contributed by atoms with Crippen LogP contribution in [0.4, 0.5) is 0 Å². The summed E-state index contributed by atoms with van der Waals surface area (Å²) >= 11 is 0. The van der Waals surface area contributed by atoms with Crippen LogP contribution >= 0.6 is 0 Å². The summed E-state index contributed by atoms with van der Waals surface area (Å²) in [6, 6.07) is 6.56. The Morgan fingerprint density at radius 2 is 1.96 bits per heavy atom. The van der Waals surface area contributed by atoms with Crippen LogP contribution in [0.3, 0.4) is 0 Å². The predicted molar refractivity (Wildman–Crippen MR) is 89.3 cm³/mol. The predicted octanol–water partition coefficient (Wildman–Crippen LogP) is -1.01. The fourth-order valence-electron chi connectivity index (χ4n) is 3.34. The van der Waals surface area contributed by atoms with Gasteiger partial charge in [-0.25, -0.2) is 8.42 Å². The van der Waals surface area contributed by atoms with Crippen molar-refractivity contribution >= 4 is 21.7 Å². The van der Waals surface area contributed by atoms with Gasteiger partial charge in [-0.05, 0) is 17.7 Å². The van der Waals surface area contributed by atoms with Crippen molar-refractivity contribution < 1.29 is 22.7 Å². The molecule has 2 atom stereocenters. The van der Waals surface area contributed by atoms with E-state index < -0.39 is 15.7 Å². The van der Waals surface area contributed by atoms with Crippen LogP contribution in [-0.4, -0.2) is 74.7 Å². The summed E-state index contributed by atoms with van der Waals surface area (Å²) in [5.41, 5.74) is 6.21. The zero-order valence-electron chi connectivity index (χ0n) is 13.9. The van der Waals surface area contributed by atoms with Crippen molar-refractivity contribution in [2.24, 2.45) is 5.73 Å². The van der Waals surface area contributed by atoms with E-state index in [1.165, 1.54) is 11.2 Å². The standard InChI is InChI=1S/C16H21N3O5S/c1-25(22,23)12-4-2-11(3-5-12)6-18-7-13-14(8-18)24-10-16(21)19(13)9-15(17)20/h2-5,13-14H,6-10H2,1H3,(H2,17,20). The summed E-state index contributed by atoms with van der Waals surface area (Å²) in [6.45, 7) is 1.70. The molecule has 3 rings (SSSR count). The molecule has 0 radical (unpaired) electrons. The molecule has 25 heavy (non-hydrogen) atoms. The third kappa shape index (κ3) is 4.00. The van der Waals surface area contributed by atoms with Crippen LogP contribution in [0, 0.1) is 0 Å². The number of rotatable bonds is 5. The Bertz CT molecular complexity index is 777. The Morgan fingerprint density at radius 1 is 1.28 bits per heavy atom. The number of benzene rings is 1. The van der Waals surface area contributed by atoms with Crippen molar-refractivity contribution in [2.75, 3.05) is 32.5 Å². The van der Waals surface area contributed by atoms with E-state index in [-0.39, 0.29) is 36.1 Å². The lowest BCUT2D eigenvalue weighted by Gasteiger charge is -2.35. The zero-order chi connectivity index (χ0) is 18.2. The number of nitrogens with zero attached hydrogens (tertiary/aromatic N) is 2. The van der Waals surface area contributed by atoms with E-state index in [1.807, 2.05) is 0 Å². The quantitative estimate of drug-likeness (QED) is 0.714. The van der Waals surface area contributed by atoms with Gasteiger partial charge in [-0.3, -0.25) is 14.5 Å². The summed E-state index contributed by atoms with van der Waals surface area (Å²) in [5, 5.41) is 0. The van der Waals surface area contributed by atoms with Gasteiger partial charge in [0.2, 0.25) is 11.8 Å². The Morgan fingerprint density at radius 3 is 2.56 bits per heavy atom. The smallest absolute Gasteiger partial charge is 0.249 e. The molecular weight excluding hydrogens is 346 g/mol. The molecule has 2 aliphatic rings. The number of hydrogen-bond donors (Lipinski definition) is 1. The number of nitrogens with two attached hydrogens (primary N) is 1. The molecule has 2 heterocycles. The topological polar surface area (TPSA) is 110 Å². The first-order valence-corrected chi connectivity index (χ1v) is 9.84. The number of fused-ring (bicyclic) bond motifs is 1. The van der Waals surface area contributed by atoms with Gasteiger partial charge >= 0.3 is 0 Å². The van der Waals surface area contributed by atoms with Gasteiger partial charge in [-0.1, -0.05) is 12.1 Å². The fraction of sp³-hybridized carbons (Fsp3) is 0.500. The number of primary amides is 1. The normalized spacial score (nSPS) is 24.4. The van der Waals surface area contributed by atoms with Gasteiger partial charge in [0.25, 0.3) is 0 Å². The van der Waals surface area contributed by atoms with Gasteiger partial charge in [0.1, 0.15) is 6.61 Å². The van der Waals surface area contributed by atoms with Gasteiger partial charge < -0.3 is 15.4 Å². The lowest BCUT2D eigenvalue weighted by molar-refractivity contribution is -0.155. The molecule has 0 aromatic heterocycles. The van der Waals surface area contributed by atoms with Crippen LogP contribution in [0.2, 0.25) is 0 Å². The Kier molecular flexibility index (Phi) is 4.81. The van der Waals surface area contributed by atoms with Crippen LogP contribution < -0.4 is 5.73 Å². The molecule has 2 unspecified atom stereocenters. The molecule has 2 N–H and O–H groups in total. The molecule has 2 saturated heterocycles. The summed E-state index contributed by atoms with van der Waals surface area (Å²) < 4.78 is 28.6. The number of carbonyl (C=O) groups is 2. The second-order valence-corrected chi connectivity index (χ2v) is 8.53. The molecule has 1 aromatic carbocycles. The molecule has 9 heteroatoms. The van der Waals surface area contributed by atoms with E-state index in [0.717, 1.165) is 5.56 Å². The van der Waals surface area contributed by atoms with E-state index in [9.17, 15) is 18.0 Å². The highest BCUT2D eigenvalue weighted by molar-refractivity contribution is 7.90. The molecule has 0 spiro atoms. The molecule has 136 valence electrons. The van der Waals surface area contributed by atoms with Crippen LogP contribution in [0.5, 0.6) is 0 Å². The zero-order valence-corrected chi connectivity index (χ0v) is 14.7. The molecule has 2 aliphatic heterocycles. The Balaban J connectivity index is 1.68. The van der Waals surface area contributed by atoms with Gasteiger partial charge in [0.05, 0.1) is 23.6 Å². The number of ether oxygens (including phenoxy) is 1. The summed E-state index contributed by atoms with van der Waals surface area (Å²) in [6.07, 6.45) is 1.03. The van der Waals surface area contributed by atoms with Gasteiger partial charge in [-0.15, -0.1) is 0 Å². The molecule has 8 nitrogen and oxygen atoms in total. The maximum Gasteiger partial charge on any atom is 0.249 e. The third-order valence-electron chi connectivity index (χ3n) is 4.54. The fourth-order valence-corrected chi connectivity index (χ4v) is 3.98. The summed E-state index contributed by atoms with van der Waals surface area (Å²) in [4.78, 5) is 27.1. The first-order valence-electron chi connectivity index (χ1n) is 7.95. The first kappa shape index (κ1) is 17.8. The molecule has 2 amide bonds. The minimum atomic E-state index is -3.21. The monoisotopic (exact) mass is 367 g/mol. The molecule has 1 aromatic rings. The Hall–Kier alpha value is -1.97. The highest BCUT2D eigenvalue weighted by atomic mass is 32.2. The minimum absolute atomic E-state index is 0.0364. The van der Waals surface area contributed by atoms with Gasteiger partial charge in [0, 0.05) is 25.9 Å². The maximum atomic E-state index is 12.0. The van der Waals surface area contributed by atoms with Gasteiger partial charge in [0.15, 0.2) is 9.84 Å². The van der Waals surface area contributed by atoms with E-state index in [0.29, 0.717) is 19.6 Å². The molecular formula is C16H21N3O5S. The lowest BCUT2D eigenvalue weighted by Crippen LogP contribution is -2.56. The molecule has 0 bridgehead atoms. The number of carbonyl (C=O) groups excluding carboxylic acids is 2. The van der Waals surface area contributed by atoms with Crippen LogP contribution in [0.25, 0.3) is 0 Å². The maximum absolute atomic E-state index is 12.0. The number of hydrogen-bond acceptors (Lipinski definition) is 6. The number of likely N-dealkylation sites (tertiary alicyclic amines) is 1. The summed E-state index contributed by atoms with van der Waals surface area (Å²) in [7, 11) is -3.21. The van der Waals surface area contributed by atoms with Crippen LogP contribution in [-0.2, 0) is 30.7 Å². The highest BCUT2D eigenvalue weighted by Gasteiger charge is 2.43. The van der Waals surface area contributed by atoms with E-state index >= 15 is 0 Å². The average Bonchev–Trinajstić information content (AvgIpc) is 2.92. The molecule has 0 saturated carbocycles. The largest absolute Gasteiger partial charge is 0.368 e. The van der Waals surface area contributed by atoms with E-state index in [4.69, 9.17) is 10.5 Å². The number of sulfone groups is 1. The van der Waals surface area contributed by atoms with Crippen molar-refractivity contribution in [3.05, 3.63) is 29.8 Å². The van der Waals surface area contributed by atoms with Gasteiger partial charge in [-0.2, -0.15) is 0 Å². The van der Waals surface area contributed by atoms with Crippen LogP contribution in [0.1, 0.15) is 5.56 Å². The average molecular weight is 367 g/mol. The highest BCUT2D eigenvalue weighted by Crippen LogP contribution is 2.25. The second kappa shape index (κ2) is 6.74. The molecule has 0 aliphatic carbocycles. The van der Waals surface area contributed by atoms with Crippen molar-refractivity contribution in [2.45, 2.75) is 23.6 Å². The van der Waals surface area contributed by atoms with Crippen molar-refractivity contribution in [3.8, 4) is 0 Å². The van der Waals surface area contributed by atoms with E-state index in [1.54, 1.807) is 24.3 Å². The van der Waals surface area contributed by atoms with E-state index in [2.05, 4.69) is 4.90 Å².